The molecule has 1 amide bonds. The minimum atomic E-state index is 0.117. The van der Waals surface area contributed by atoms with Crippen molar-refractivity contribution in [3.05, 3.63) is 34.9 Å². The van der Waals surface area contributed by atoms with Crippen LogP contribution in [-0.2, 0) is 13.0 Å². The molecule has 2 N–H and O–H groups in total. The molecular weight excluding hydrogens is 256 g/mol. The quantitative estimate of drug-likeness (QED) is 0.867. The van der Waals surface area contributed by atoms with Crippen LogP contribution < -0.4 is 10.6 Å². The summed E-state index contributed by atoms with van der Waals surface area (Å²) in [6.45, 7) is 1.85. The van der Waals surface area contributed by atoms with Crippen molar-refractivity contribution in [1.82, 2.24) is 10.6 Å². The van der Waals surface area contributed by atoms with E-state index in [9.17, 15) is 4.79 Å². The van der Waals surface area contributed by atoms with E-state index in [4.69, 9.17) is 0 Å². The number of hydrogen-bond donors (Lipinski definition) is 2. The van der Waals surface area contributed by atoms with Crippen LogP contribution in [0.1, 0.15) is 34.3 Å². The lowest BCUT2D eigenvalue weighted by molar-refractivity contribution is 0.0937. The number of carbonyl (C=O) groups is 1. The Kier molecular flexibility index (Phi) is 4.09. The number of thioether (sulfide) groups is 1. The molecule has 19 heavy (non-hydrogen) atoms. The van der Waals surface area contributed by atoms with Gasteiger partial charge in [-0.25, -0.2) is 0 Å². The molecule has 0 saturated carbocycles. The van der Waals surface area contributed by atoms with Crippen molar-refractivity contribution in [2.45, 2.75) is 31.8 Å². The Bertz CT molecular complexity index is 469. The van der Waals surface area contributed by atoms with Crippen molar-refractivity contribution in [3.8, 4) is 0 Å². The van der Waals surface area contributed by atoms with Gasteiger partial charge in [-0.05, 0) is 48.8 Å². The minimum Gasteiger partial charge on any atom is -0.348 e. The zero-order chi connectivity index (χ0) is 13.1. The van der Waals surface area contributed by atoms with Gasteiger partial charge in [-0.3, -0.25) is 4.79 Å². The van der Waals surface area contributed by atoms with E-state index < -0.39 is 0 Å². The van der Waals surface area contributed by atoms with Gasteiger partial charge in [0.15, 0.2) is 0 Å². The molecule has 1 atom stereocenters. The van der Waals surface area contributed by atoms with Crippen LogP contribution in [0.15, 0.2) is 18.2 Å². The lowest BCUT2D eigenvalue weighted by Crippen LogP contribution is -2.39. The van der Waals surface area contributed by atoms with E-state index >= 15 is 0 Å². The first-order valence-corrected chi connectivity index (χ1v) is 8.20. The number of hydrogen-bond acceptors (Lipinski definition) is 3. The van der Waals surface area contributed by atoms with E-state index in [2.05, 4.69) is 16.7 Å². The Morgan fingerprint density at radius 1 is 1.42 bits per heavy atom. The van der Waals surface area contributed by atoms with E-state index in [1.165, 1.54) is 23.3 Å². The first kappa shape index (κ1) is 13.0. The van der Waals surface area contributed by atoms with Crippen LogP contribution in [-0.4, -0.2) is 30.0 Å². The van der Waals surface area contributed by atoms with E-state index in [1.54, 1.807) is 0 Å². The molecular formula is C15H20N2OS. The molecule has 0 spiro atoms. The Balaban J connectivity index is 1.75. The topological polar surface area (TPSA) is 41.1 Å². The molecule has 1 unspecified atom stereocenters. The Morgan fingerprint density at radius 3 is 3.21 bits per heavy atom. The van der Waals surface area contributed by atoms with Crippen molar-refractivity contribution in [2.24, 2.45) is 0 Å². The van der Waals surface area contributed by atoms with Gasteiger partial charge < -0.3 is 10.6 Å². The minimum absolute atomic E-state index is 0.117. The standard InChI is InChI=1S/C15H20N2OS/c18-15(17-12-4-2-8-19-10-12)14-5-1-3-11-9-16-7-6-13(11)14/h1,3,5,12,16H,2,4,6-10H2,(H,17,18). The predicted molar refractivity (Wildman–Crippen MR) is 79.7 cm³/mol. The van der Waals surface area contributed by atoms with Crippen molar-refractivity contribution in [2.75, 3.05) is 18.1 Å². The molecule has 0 bridgehead atoms. The zero-order valence-corrected chi connectivity index (χ0v) is 11.9. The molecule has 3 nitrogen and oxygen atoms in total. The number of benzene rings is 1. The summed E-state index contributed by atoms with van der Waals surface area (Å²) in [5, 5.41) is 6.56. The fourth-order valence-electron chi connectivity index (χ4n) is 2.86. The molecule has 2 heterocycles. The SMILES string of the molecule is O=C(NC1CCCSC1)c1cccc2c1CCNC2. The van der Waals surface area contributed by atoms with Crippen LogP contribution in [0.4, 0.5) is 0 Å². The summed E-state index contributed by atoms with van der Waals surface area (Å²) in [6, 6.07) is 6.43. The summed E-state index contributed by atoms with van der Waals surface area (Å²) in [7, 11) is 0. The Morgan fingerprint density at radius 2 is 2.37 bits per heavy atom. The molecule has 4 heteroatoms. The summed E-state index contributed by atoms with van der Waals surface area (Å²) >= 11 is 1.94. The van der Waals surface area contributed by atoms with Crippen LogP contribution in [0.5, 0.6) is 0 Å². The third kappa shape index (κ3) is 2.95. The van der Waals surface area contributed by atoms with Gasteiger partial charge in [0.25, 0.3) is 5.91 Å². The second-order valence-electron chi connectivity index (χ2n) is 5.26. The molecule has 1 aromatic carbocycles. The summed E-state index contributed by atoms with van der Waals surface area (Å²) in [5.74, 6) is 2.41. The largest absolute Gasteiger partial charge is 0.348 e. The number of rotatable bonds is 2. The van der Waals surface area contributed by atoms with Crippen molar-refractivity contribution >= 4 is 17.7 Å². The maximum Gasteiger partial charge on any atom is 0.251 e. The number of carbonyl (C=O) groups excluding carboxylic acids is 1. The highest BCUT2D eigenvalue weighted by Gasteiger charge is 2.20. The summed E-state index contributed by atoms with van der Waals surface area (Å²) < 4.78 is 0. The second kappa shape index (κ2) is 5.97. The number of amides is 1. The van der Waals surface area contributed by atoms with E-state index in [-0.39, 0.29) is 5.91 Å². The summed E-state index contributed by atoms with van der Waals surface area (Å²) in [5.41, 5.74) is 3.40. The normalized spacial score (nSPS) is 22.6. The fourth-order valence-corrected chi connectivity index (χ4v) is 3.93. The first-order chi connectivity index (χ1) is 9.34. The molecule has 2 aliphatic heterocycles. The van der Waals surface area contributed by atoms with Crippen LogP contribution >= 0.6 is 11.8 Å². The second-order valence-corrected chi connectivity index (χ2v) is 6.41. The maximum atomic E-state index is 12.4. The molecule has 2 aliphatic rings. The van der Waals surface area contributed by atoms with Crippen molar-refractivity contribution in [1.29, 1.82) is 0 Å². The highest BCUT2D eigenvalue weighted by molar-refractivity contribution is 7.99. The van der Waals surface area contributed by atoms with Gasteiger partial charge in [0, 0.05) is 23.9 Å². The Hall–Kier alpha value is -1.00. The van der Waals surface area contributed by atoms with Crippen LogP contribution in [0, 0.1) is 0 Å². The molecule has 1 aromatic rings. The van der Waals surface area contributed by atoms with Gasteiger partial charge in [0.2, 0.25) is 0 Å². The van der Waals surface area contributed by atoms with Crippen molar-refractivity contribution in [3.63, 3.8) is 0 Å². The maximum absolute atomic E-state index is 12.4. The molecule has 1 saturated heterocycles. The van der Waals surface area contributed by atoms with Crippen LogP contribution in [0.25, 0.3) is 0 Å². The van der Waals surface area contributed by atoms with Crippen LogP contribution in [0.2, 0.25) is 0 Å². The predicted octanol–water partition coefficient (Wildman–Crippen LogP) is 1.96. The molecule has 3 rings (SSSR count). The molecule has 1 fully saturated rings. The van der Waals surface area contributed by atoms with Gasteiger partial charge in [0.05, 0.1) is 0 Å². The van der Waals surface area contributed by atoms with Crippen LogP contribution in [0.3, 0.4) is 0 Å². The third-order valence-electron chi connectivity index (χ3n) is 3.88. The number of nitrogens with one attached hydrogen (secondary N) is 2. The van der Waals surface area contributed by atoms with Gasteiger partial charge in [0.1, 0.15) is 0 Å². The lowest BCUT2D eigenvalue weighted by atomic mass is 9.95. The average Bonchev–Trinajstić information content (AvgIpc) is 2.47. The van der Waals surface area contributed by atoms with Gasteiger partial charge >= 0.3 is 0 Å². The van der Waals surface area contributed by atoms with Gasteiger partial charge in [-0.1, -0.05) is 12.1 Å². The van der Waals surface area contributed by atoms with Gasteiger partial charge in [-0.15, -0.1) is 0 Å². The highest BCUT2D eigenvalue weighted by atomic mass is 32.2. The fraction of sp³-hybridized carbons (Fsp3) is 0.533. The van der Waals surface area contributed by atoms with Crippen molar-refractivity contribution < 1.29 is 4.79 Å². The van der Waals surface area contributed by atoms with Gasteiger partial charge in [-0.2, -0.15) is 11.8 Å². The first-order valence-electron chi connectivity index (χ1n) is 7.04. The van der Waals surface area contributed by atoms with E-state index in [1.807, 2.05) is 23.9 Å². The van der Waals surface area contributed by atoms with E-state index in [0.717, 1.165) is 37.2 Å². The lowest BCUT2D eigenvalue weighted by Gasteiger charge is -2.24. The summed E-state index contributed by atoms with van der Waals surface area (Å²) in [4.78, 5) is 12.4. The smallest absolute Gasteiger partial charge is 0.251 e. The third-order valence-corrected chi connectivity index (χ3v) is 5.10. The number of fused-ring (bicyclic) bond motifs is 1. The summed E-state index contributed by atoms with van der Waals surface area (Å²) in [6.07, 6.45) is 3.29. The molecule has 0 aliphatic carbocycles. The molecule has 0 aromatic heterocycles. The molecule has 102 valence electrons. The zero-order valence-electron chi connectivity index (χ0n) is 11.1. The monoisotopic (exact) mass is 276 g/mol. The Labute approximate surface area is 118 Å². The highest BCUT2D eigenvalue weighted by Crippen LogP contribution is 2.21. The molecule has 0 radical (unpaired) electrons. The average molecular weight is 276 g/mol. The van der Waals surface area contributed by atoms with E-state index in [0.29, 0.717) is 6.04 Å².